The third kappa shape index (κ3) is 1.97. The van der Waals surface area contributed by atoms with Gasteiger partial charge in [0.15, 0.2) is 0 Å². The summed E-state index contributed by atoms with van der Waals surface area (Å²) in [6.45, 7) is 0.540. The summed E-state index contributed by atoms with van der Waals surface area (Å²) in [5.74, 6) is -0.233. The number of hydrogen-bond donors (Lipinski definition) is 0. The van der Waals surface area contributed by atoms with Crippen molar-refractivity contribution in [3.8, 4) is 0 Å². The molecule has 1 saturated heterocycles. The molecule has 0 bridgehead atoms. The maximum atomic E-state index is 12.0. The number of nitrogens with zero attached hydrogens (tertiary/aromatic N) is 1. The van der Waals surface area contributed by atoms with Crippen LogP contribution in [0, 0.1) is 0 Å². The predicted molar refractivity (Wildman–Crippen MR) is 64.4 cm³/mol. The van der Waals surface area contributed by atoms with Crippen LogP contribution in [0.1, 0.15) is 16.8 Å². The first-order valence-corrected chi connectivity index (χ1v) is 6.46. The second-order valence-corrected chi connectivity index (χ2v) is 4.71. The van der Waals surface area contributed by atoms with Crippen molar-refractivity contribution in [2.45, 2.75) is 11.7 Å². The highest BCUT2D eigenvalue weighted by molar-refractivity contribution is 7.99. The van der Waals surface area contributed by atoms with Gasteiger partial charge < -0.3 is 0 Å². The van der Waals surface area contributed by atoms with Crippen molar-refractivity contribution >= 4 is 23.6 Å². The summed E-state index contributed by atoms with van der Waals surface area (Å²) in [7, 11) is 0. The molecule has 0 radical (unpaired) electrons. The number of imide groups is 1. The maximum Gasteiger partial charge on any atom is 0.260 e. The van der Waals surface area contributed by atoms with Crippen LogP contribution in [0.3, 0.4) is 0 Å². The summed E-state index contributed by atoms with van der Waals surface area (Å²) < 4.78 is 0. The van der Waals surface area contributed by atoms with Gasteiger partial charge in [-0.25, -0.2) is 0 Å². The first-order valence-electron chi connectivity index (χ1n) is 5.17. The fourth-order valence-corrected chi connectivity index (χ4v) is 2.48. The Morgan fingerprint density at radius 1 is 1.38 bits per heavy atom. The van der Waals surface area contributed by atoms with Gasteiger partial charge in [0, 0.05) is 12.1 Å². The zero-order valence-corrected chi connectivity index (χ0v) is 9.87. The van der Waals surface area contributed by atoms with E-state index in [1.807, 2.05) is 12.3 Å². The van der Waals surface area contributed by atoms with E-state index in [9.17, 15) is 9.59 Å². The van der Waals surface area contributed by atoms with Crippen molar-refractivity contribution in [2.24, 2.45) is 0 Å². The molecular weight excluding hydrogens is 222 g/mol. The molecule has 84 valence electrons. The van der Waals surface area contributed by atoms with Gasteiger partial charge in [0.25, 0.3) is 5.91 Å². The second kappa shape index (κ2) is 4.70. The number of likely N-dealkylation sites (tertiary alicyclic amines) is 1. The van der Waals surface area contributed by atoms with E-state index in [1.165, 1.54) is 16.7 Å². The molecule has 0 aliphatic carbocycles. The lowest BCUT2D eigenvalue weighted by Crippen LogP contribution is -2.34. The van der Waals surface area contributed by atoms with Crippen LogP contribution in [0.4, 0.5) is 0 Å². The van der Waals surface area contributed by atoms with Crippen LogP contribution in [0.2, 0.25) is 0 Å². The van der Waals surface area contributed by atoms with Gasteiger partial charge in [-0.15, -0.1) is 0 Å². The molecule has 0 N–H and O–H groups in total. The molecule has 1 heterocycles. The monoisotopic (exact) mass is 235 g/mol. The van der Waals surface area contributed by atoms with Gasteiger partial charge >= 0.3 is 0 Å². The molecule has 1 fully saturated rings. The van der Waals surface area contributed by atoms with E-state index in [0.29, 0.717) is 12.1 Å². The molecule has 0 saturated carbocycles. The van der Waals surface area contributed by atoms with Gasteiger partial charge in [-0.2, -0.15) is 11.8 Å². The van der Waals surface area contributed by atoms with Gasteiger partial charge in [0.1, 0.15) is 0 Å². The van der Waals surface area contributed by atoms with Crippen LogP contribution >= 0.6 is 11.8 Å². The Balaban J connectivity index is 2.16. The van der Waals surface area contributed by atoms with Crippen LogP contribution in [-0.4, -0.2) is 34.8 Å². The third-order valence-electron chi connectivity index (χ3n) is 2.71. The lowest BCUT2D eigenvalue weighted by Gasteiger charge is -2.14. The smallest absolute Gasteiger partial charge is 0.260 e. The predicted octanol–water partition coefficient (Wildman–Crippen LogP) is 1.79. The molecule has 3 nitrogen and oxygen atoms in total. The zero-order valence-electron chi connectivity index (χ0n) is 9.05. The first kappa shape index (κ1) is 11.2. The molecule has 1 unspecified atom stereocenters. The summed E-state index contributed by atoms with van der Waals surface area (Å²) in [6, 6.07) is 8.94. The standard InChI is InChI=1S/C12H13NO2S/c1-16-10-7-8-13(12(10)15)11(14)9-5-3-2-4-6-9/h2-6,10H,7-8H2,1H3. The molecule has 2 rings (SSSR count). The number of carbonyl (C=O) groups excluding carboxylic acids is 2. The Bertz CT molecular complexity index is 405. The van der Waals surface area contributed by atoms with E-state index in [4.69, 9.17) is 0 Å². The molecule has 4 heteroatoms. The minimum absolute atomic E-state index is 0.0485. The average molecular weight is 235 g/mol. The van der Waals surface area contributed by atoms with Crippen molar-refractivity contribution < 1.29 is 9.59 Å². The van der Waals surface area contributed by atoms with Crippen LogP contribution in [-0.2, 0) is 4.79 Å². The Morgan fingerprint density at radius 3 is 2.62 bits per heavy atom. The average Bonchev–Trinajstić information content (AvgIpc) is 2.70. The quantitative estimate of drug-likeness (QED) is 0.733. The number of benzene rings is 1. The van der Waals surface area contributed by atoms with Gasteiger partial charge in [-0.05, 0) is 24.8 Å². The van der Waals surface area contributed by atoms with Gasteiger partial charge in [0.2, 0.25) is 5.91 Å². The molecule has 1 aliphatic rings. The molecule has 1 aliphatic heterocycles. The van der Waals surface area contributed by atoms with Gasteiger partial charge in [0.05, 0.1) is 5.25 Å². The van der Waals surface area contributed by atoms with E-state index in [-0.39, 0.29) is 17.1 Å². The van der Waals surface area contributed by atoms with Crippen LogP contribution in [0.25, 0.3) is 0 Å². The molecular formula is C12H13NO2S. The largest absolute Gasteiger partial charge is 0.277 e. The van der Waals surface area contributed by atoms with Crippen molar-refractivity contribution in [1.82, 2.24) is 4.90 Å². The van der Waals surface area contributed by atoms with Crippen LogP contribution < -0.4 is 0 Å². The SMILES string of the molecule is CSC1CCN(C(=O)c2ccccc2)C1=O. The third-order valence-corrected chi connectivity index (χ3v) is 3.71. The number of amides is 2. The first-order chi connectivity index (χ1) is 7.74. The summed E-state index contributed by atoms with van der Waals surface area (Å²) in [6.07, 6.45) is 2.66. The minimum Gasteiger partial charge on any atom is -0.277 e. The van der Waals surface area contributed by atoms with E-state index < -0.39 is 0 Å². The Kier molecular flexibility index (Phi) is 3.29. The topological polar surface area (TPSA) is 37.4 Å². The molecule has 1 aromatic rings. The Labute approximate surface area is 98.8 Å². The van der Waals surface area contributed by atoms with Crippen LogP contribution in [0.15, 0.2) is 30.3 Å². The summed E-state index contributed by atoms with van der Waals surface area (Å²) in [5.41, 5.74) is 0.581. The lowest BCUT2D eigenvalue weighted by molar-refractivity contribution is -0.125. The van der Waals surface area contributed by atoms with Crippen molar-refractivity contribution in [3.63, 3.8) is 0 Å². The number of thioether (sulfide) groups is 1. The molecule has 1 aromatic carbocycles. The van der Waals surface area contributed by atoms with Crippen molar-refractivity contribution in [3.05, 3.63) is 35.9 Å². The zero-order chi connectivity index (χ0) is 11.5. The van der Waals surface area contributed by atoms with Gasteiger partial charge in [-0.1, -0.05) is 18.2 Å². The fraction of sp³-hybridized carbons (Fsp3) is 0.333. The molecule has 16 heavy (non-hydrogen) atoms. The molecule has 1 atom stereocenters. The Morgan fingerprint density at radius 2 is 2.06 bits per heavy atom. The number of carbonyl (C=O) groups is 2. The summed E-state index contributed by atoms with van der Waals surface area (Å²) in [4.78, 5) is 25.2. The van der Waals surface area contributed by atoms with E-state index in [2.05, 4.69) is 0 Å². The molecule has 0 aromatic heterocycles. The number of rotatable bonds is 2. The van der Waals surface area contributed by atoms with Crippen molar-refractivity contribution in [2.75, 3.05) is 12.8 Å². The lowest BCUT2D eigenvalue weighted by atomic mass is 10.2. The Hall–Kier alpha value is -1.29. The highest BCUT2D eigenvalue weighted by atomic mass is 32.2. The summed E-state index contributed by atoms with van der Waals surface area (Å²) in [5, 5.41) is -0.0485. The normalized spacial score (nSPS) is 20.2. The highest BCUT2D eigenvalue weighted by Crippen LogP contribution is 2.23. The molecule has 2 amide bonds. The van der Waals surface area contributed by atoms with E-state index >= 15 is 0 Å². The maximum absolute atomic E-state index is 12.0. The fourth-order valence-electron chi connectivity index (χ4n) is 1.81. The van der Waals surface area contributed by atoms with E-state index in [1.54, 1.807) is 24.3 Å². The highest BCUT2D eigenvalue weighted by Gasteiger charge is 2.35. The minimum atomic E-state index is -0.179. The molecule has 0 spiro atoms. The van der Waals surface area contributed by atoms with E-state index in [0.717, 1.165) is 6.42 Å². The van der Waals surface area contributed by atoms with Gasteiger partial charge in [-0.3, -0.25) is 14.5 Å². The summed E-state index contributed by atoms with van der Waals surface area (Å²) >= 11 is 1.51. The van der Waals surface area contributed by atoms with Crippen molar-refractivity contribution in [1.29, 1.82) is 0 Å². The van der Waals surface area contributed by atoms with Crippen LogP contribution in [0.5, 0.6) is 0 Å². The number of hydrogen-bond acceptors (Lipinski definition) is 3. The second-order valence-electron chi connectivity index (χ2n) is 3.67.